The third kappa shape index (κ3) is 3.92. The molecule has 4 unspecified atom stereocenters. The second-order valence-electron chi connectivity index (χ2n) is 6.52. The van der Waals surface area contributed by atoms with E-state index < -0.39 is 0 Å². The van der Waals surface area contributed by atoms with E-state index in [1.165, 1.54) is 19.4 Å². The first kappa shape index (κ1) is 14.7. The van der Waals surface area contributed by atoms with Gasteiger partial charge in [-0.15, -0.1) is 0 Å². The van der Waals surface area contributed by atoms with Crippen molar-refractivity contribution in [1.82, 2.24) is 15.5 Å². The van der Waals surface area contributed by atoms with E-state index in [0.29, 0.717) is 24.2 Å². The number of nitrogens with zero attached hydrogens (tertiary/aromatic N) is 1. The largest absolute Gasteiger partial charge is 0.379 e. The van der Waals surface area contributed by atoms with Crippen molar-refractivity contribution >= 4 is 0 Å². The minimum atomic E-state index is 0.363. The summed E-state index contributed by atoms with van der Waals surface area (Å²) in [6.07, 6.45) is 4.16. The summed E-state index contributed by atoms with van der Waals surface area (Å²) in [5.41, 5.74) is 0. The lowest BCUT2D eigenvalue weighted by molar-refractivity contribution is -0.0479. The van der Waals surface area contributed by atoms with Gasteiger partial charge >= 0.3 is 0 Å². The van der Waals surface area contributed by atoms with Crippen molar-refractivity contribution < 1.29 is 9.47 Å². The van der Waals surface area contributed by atoms with E-state index in [1.54, 1.807) is 0 Å². The van der Waals surface area contributed by atoms with Crippen LogP contribution in [0, 0.1) is 0 Å². The molecular formula is C15H29N3O2. The molecule has 3 saturated heterocycles. The molecular weight excluding hydrogens is 254 g/mol. The molecule has 20 heavy (non-hydrogen) atoms. The van der Waals surface area contributed by atoms with Crippen molar-refractivity contribution in [2.75, 3.05) is 46.0 Å². The summed E-state index contributed by atoms with van der Waals surface area (Å²) in [6.45, 7) is 9.22. The Morgan fingerprint density at radius 1 is 1.40 bits per heavy atom. The molecule has 4 atom stereocenters. The quantitative estimate of drug-likeness (QED) is 0.755. The Hall–Kier alpha value is -0.200. The van der Waals surface area contributed by atoms with Crippen LogP contribution in [-0.4, -0.2) is 75.1 Å². The molecule has 0 amide bonds. The molecule has 3 rings (SSSR count). The topological polar surface area (TPSA) is 45.8 Å². The van der Waals surface area contributed by atoms with Crippen LogP contribution in [0.15, 0.2) is 0 Å². The third-order valence-electron chi connectivity index (χ3n) is 4.79. The lowest BCUT2D eigenvalue weighted by Crippen LogP contribution is -2.51. The summed E-state index contributed by atoms with van der Waals surface area (Å²) in [7, 11) is 0. The number of morpholine rings is 2. The van der Waals surface area contributed by atoms with Gasteiger partial charge in [-0.1, -0.05) is 0 Å². The van der Waals surface area contributed by atoms with E-state index in [1.807, 2.05) is 0 Å². The standard InChI is InChI=1S/C15H29N3O2/c1-12(7-13-10-19-6-4-16-13)17-8-15-9-18-5-2-3-14(18)11-20-15/h12-17H,2-11H2,1H3. The number of hydrogen-bond acceptors (Lipinski definition) is 5. The molecule has 3 aliphatic rings. The second kappa shape index (κ2) is 7.18. The highest BCUT2D eigenvalue weighted by atomic mass is 16.5. The Bertz CT molecular complexity index is 297. The van der Waals surface area contributed by atoms with Gasteiger partial charge in [0, 0.05) is 37.8 Å². The normalized spacial score (nSPS) is 36.8. The maximum Gasteiger partial charge on any atom is 0.0827 e. The maximum atomic E-state index is 5.99. The highest BCUT2D eigenvalue weighted by Gasteiger charge is 2.32. The molecule has 3 heterocycles. The van der Waals surface area contributed by atoms with Crippen LogP contribution in [0.25, 0.3) is 0 Å². The number of fused-ring (bicyclic) bond motifs is 1. The van der Waals surface area contributed by atoms with Gasteiger partial charge in [0.25, 0.3) is 0 Å². The summed E-state index contributed by atoms with van der Waals surface area (Å²) in [4.78, 5) is 2.61. The fourth-order valence-corrected chi connectivity index (χ4v) is 3.62. The average molecular weight is 283 g/mol. The molecule has 0 aliphatic carbocycles. The molecule has 3 aliphatic heterocycles. The van der Waals surface area contributed by atoms with Crippen LogP contribution >= 0.6 is 0 Å². The predicted molar refractivity (Wildman–Crippen MR) is 79.0 cm³/mol. The van der Waals surface area contributed by atoms with Crippen LogP contribution in [0.1, 0.15) is 26.2 Å². The molecule has 0 bridgehead atoms. The van der Waals surface area contributed by atoms with Crippen LogP contribution in [0.3, 0.4) is 0 Å². The van der Waals surface area contributed by atoms with Gasteiger partial charge in [-0.05, 0) is 32.7 Å². The van der Waals surface area contributed by atoms with Gasteiger partial charge in [0.2, 0.25) is 0 Å². The van der Waals surface area contributed by atoms with E-state index in [4.69, 9.17) is 9.47 Å². The lowest BCUT2D eigenvalue weighted by atomic mass is 10.1. The Balaban J connectivity index is 1.34. The summed E-state index contributed by atoms with van der Waals surface area (Å²) in [6, 6.07) is 1.71. The van der Waals surface area contributed by atoms with Gasteiger partial charge in [-0.25, -0.2) is 0 Å². The summed E-state index contributed by atoms with van der Waals surface area (Å²) in [5, 5.41) is 7.15. The SMILES string of the molecule is CC(CC1COCCN1)NCC1CN2CCCC2CO1. The molecule has 5 nitrogen and oxygen atoms in total. The lowest BCUT2D eigenvalue weighted by Gasteiger charge is -2.36. The van der Waals surface area contributed by atoms with Gasteiger partial charge < -0.3 is 20.1 Å². The zero-order valence-electron chi connectivity index (χ0n) is 12.6. The van der Waals surface area contributed by atoms with Crippen LogP contribution < -0.4 is 10.6 Å². The van der Waals surface area contributed by atoms with Gasteiger partial charge in [-0.2, -0.15) is 0 Å². The monoisotopic (exact) mass is 283 g/mol. The van der Waals surface area contributed by atoms with Crippen molar-refractivity contribution in [2.45, 2.75) is 50.4 Å². The number of rotatable bonds is 5. The molecule has 5 heteroatoms. The maximum absolute atomic E-state index is 5.99. The number of ether oxygens (including phenoxy) is 2. The fourth-order valence-electron chi connectivity index (χ4n) is 3.62. The van der Waals surface area contributed by atoms with E-state index in [0.717, 1.165) is 45.9 Å². The van der Waals surface area contributed by atoms with Crippen LogP contribution in [0.2, 0.25) is 0 Å². The Labute approximate surface area is 122 Å². The van der Waals surface area contributed by atoms with Crippen molar-refractivity contribution in [1.29, 1.82) is 0 Å². The average Bonchev–Trinajstić information content (AvgIpc) is 2.93. The molecule has 0 aromatic carbocycles. The smallest absolute Gasteiger partial charge is 0.0827 e. The summed E-state index contributed by atoms with van der Waals surface area (Å²) >= 11 is 0. The second-order valence-corrected chi connectivity index (χ2v) is 6.52. The van der Waals surface area contributed by atoms with E-state index in [2.05, 4.69) is 22.5 Å². The van der Waals surface area contributed by atoms with Gasteiger partial charge in [0.05, 0.1) is 25.9 Å². The molecule has 2 N–H and O–H groups in total. The Morgan fingerprint density at radius 3 is 3.20 bits per heavy atom. The van der Waals surface area contributed by atoms with Crippen LogP contribution in [-0.2, 0) is 9.47 Å². The van der Waals surface area contributed by atoms with Crippen molar-refractivity contribution in [3.8, 4) is 0 Å². The van der Waals surface area contributed by atoms with Gasteiger partial charge in [0.15, 0.2) is 0 Å². The number of nitrogens with one attached hydrogen (secondary N) is 2. The van der Waals surface area contributed by atoms with E-state index in [9.17, 15) is 0 Å². The molecule has 0 aromatic rings. The molecule has 0 spiro atoms. The number of hydrogen-bond donors (Lipinski definition) is 2. The van der Waals surface area contributed by atoms with E-state index in [-0.39, 0.29) is 0 Å². The Morgan fingerprint density at radius 2 is 2.35 bits per heavy atom. The molecule has 3 fully saturated rings. The molecule has 0 saturated carbocycles. The van der Waals surface area contributed by atoms with E-state index >= 15 is 0 Å². The van der Waals surface area contributed by atoms with Crippen LogP contribution in [0.4, 0.5) is 0 Å². The zero-order valence-corrected chi connectivity index (χ0v) is 12.6. The van der Waals surface area contributed by atoms with Crippen LogP contribution in [0.5, 0.6) is 0 Å². The highest BCUT2D eigenvalue weighted by molar-refractivity contribution is 4.86. The first-order valence-electron chi connectivity index (χ1n) is 8.21. The first-order chi connectivity index (χ1) is 9.81. The van der Waals surface area contributed by atoms with Crippen molar-refractivity contribution in [2.24, 2.45) is 0 Å². The first-order valence-corrected chi connectivity index (χ1v) is 8.21. The third-order valence-corrected chi connectivity index (χ3v) is 4.79. The Kier molecular flexibility index (Phi) is 5.29. The minimum Gasteiger partial charge on any atom is -0.379 e. The van der Waals surface area contributed by atoms with Crippen molar-refractivity contribution in [3.05, 3.63) is 0 Å². The molecule has 0 aromatic heterocycles. The molecule has 0 radical (unpaired) electrons. The molecule has 116 valence electrons. The zero-order chi connectivity index (χ0) is 13.8. The minimum absolute atomic E-state index is 0.363. The highest BCUT2D eigenvalue weighted by Crippen LogP contribution is 2.22. The fraction of sp³-hybridized carbons (Fsp3) is 1.00. The van der Waals surface area contributed by atoms with Crippen molar-refractivity contribution in [3.63, 3.8) is 0 Å². The predicted octanol–water partition coefficient (Wildman–Crippen LogP) is 0.206. The summed E-state index contributed by atoms with van der Waals surface area (Å²) in [5.74, 6) is 0. The summed E-state index contributed by atoms with van der Waals surface area (Å²) < 4.78 is 11.5. The van der Waals surface area contributed by atoms with Gasteiger partial charge in [-0.3, -0.25) is 4.90 Å². The van der Waals surface area contributed by atoms with Gasteiger partial charge in [0.1, 0.15) is 0 Å².